The number of aromatic carboxylic acids is 1. The van der Waals surface area contributed by atoms with Gasteiger partial charge in [-0.2, -0.15) is 4.31 Å². The minimum absolute atomic E-state index is 0.0929. The van der Waals surface area contributed by atoms with Crippen molar-refractivity contribution in [3.63, 3.8) is 0 Å². The van der Waals surface area contributed by atoms with Gasteiger partial charge in [-0.3, -0.25) is 0 Å². The number of aliphatic hydroxyl groups excluding tert-OH is 1. The summed E-state index contributed by atoms with van der Waals surface area (Å²) in [5.41, 5.74) is -0.0929. The normalized spacial score (nSPS) is 20.8. The van der Waals surface area contributed by atoms with Gasteiger partial charge >= 0.3 is 5.97 Å². The number of nitrogens with zero attached hydrogens (tertiary/aromatic N) is 2. The summed E-state index contributed by atoms with van der Waals surface area (Å²) in [6.07, 6.45) is 0.990. The van der Waals surface area contributed by atoms with Crippen LogP contribution in [0.5, 0.6) is 0 Å². The van der Waals surface area contributed by atoms with Crippen LogP contribution < -0.4 is 0 Å². The molecule has 0 spiro atoms. The molecule has 1 fully saturated rings. The van der Waals surface area contributed by atoms with Crippen molar-refractivity contribution >= 4 is 16.0 Å². The van der Waals surface area contributed by atoms with E-state index in [9.17, 15) is 18.3 Å². The number of pyridine rings is 1. The van der Waals surface area contributed by atoms with Gasteiger partial charge in [-0.15, -0.1) is 0 Å². The molecule has 9 heteroatoms. The fourth-order valence-electron chi connectivity index (χ4n) is 1.88. The van der Waals surface area contributed by atoms with Crippen molar-refractivity contribution in [2.75, 3.05) is 26.4 Å². The summed E-state index contributed by atoms with van der Waals surface area (Å²) < 4.78 is 31.0. The Balaban J connectivity index is 2.31. The summed E-state index contributed by atoms with van der Waals surface area (Å²) in [7, 11) is -3.88. The topological polar surface area (TPSA) is 117 Å². The van der Waals surface area contributed by atoms with Gasteiger partial charge in [0.1, 0.15) is 0 Å². The molecule has 0 aromatic carbocycles. The third kappa shape index (κ3) is 2.80. The van der Waals surface area contributed by atoms with Crippen LogP contribution in [-0.2, 0) is 14.8 Å². The third-order valence-corrected chi connectivity index (χ3v) is 4.81. The molecule has 1 unspecified atom stereocenters. The number of ether oxygens (including phenoxy) is 1. The first-order chi connectivity index (χ1) is 9.46. The van der Waals surface area contributed by atoms with E-state index < -0.39 is 22.0 Å². The van der Waals surface area contributed by atoms with E-state index in [0.717, 1.165) is 16.6 Å². The summed E-state index contributed by atoms with van der Waals surface area (Å²) >= 11 is 0. The Hall–Kier alpha value is -1.55. The van der Waals surface area contributed by atoms with Crippen LogP contribution in [0.3, 0.4) is 0 Å². The average Bonchev–Trinajstić information content (AvgIpc) is 2.47. The fourth-order valence-corrected chi connectivity index (χ4v) is 3.38. The summed E-state index contributed by atoms with van der Waals surface area (Å²) in [4.78, 5) is 14.4. The molecule has 0 amide bonds. The van der Waals surface area contributed by atoms with E-state index in [-0.39, 0.29) is 37.0 Å². The number of morpholine rings is 1. The van der Waals surface area contributed by atoms with Crippen LogP contribution in [0.2, 0.25) is 0 Å². The van der Waals surface area contributed by atoms with Crippen LogP contribution >= 0.6 is 0 Å². The minimum Gasteiger partial charge on any atom is -0.478 e. The standard InChI is InChI=1S/C11H14N2O6S/c14-6-9-7-19-4-3-13(9)20(17,18)10-2-1-8(5-12-10)11(15)16/h1-2,5,9,14H,3-4,6-7H2,(H,15,16). The zero-order valence-electron chi connectivity index (χ0n) is 10.5. The van der Waals surface area contributed by atoms with E-state index >= 15 is 0 Å². The maximum atomic E-state index is 12.4. The first-order valence-corrected chi connectivity index (χ1v) is 7.30. The molecule has 8 nitrogen and oxygen atoms in total. The van der Waals surface area contributed by atoms with Crippen LogP contribution in [0, 0.1) is 0 Å². The molecular weight excluding hydrogens is 288 g/mol. The number of rotatable bonds is 4. The summed E-state index contributed by atoms with van der Waals surface area (Å²) in [6, 6.07) is 1.66. The van der Waals surface area contributed by atoms with Crippen molar-refractivity contribution < 1.29 is 28.2 Å². The van der Waals surface area contributed by atoms with E-state index in [1.165, 1.54) is 6.07 Å². The van der Waals surface area contributed by atoms with Crippen molar-refractivity contribution in [3.05, 3.63) is 23.9 Å². The van der Waals surface area contributed by atoms with E-state index in [1.807, 2.05) is 0 Å². The molecule has 1 aliphatic heterocycles. The molecule has 2 N–H and O–H groups in total. The molecule has 0 radical (unpaired) electrons. The second-order valence-electron chi connectivity index (χ2n) is 4.22. The monoisotopic (exact) mass is 302 g/mol. The Bertz CT molecular complexity index is 585. The number of carboxylic acid groups (broad SMARTS) is 1. The molecule has 0 aliphatic carbocycles. The Morgan fingerprint density at radius 1 is 1.50 bits per heavy atom. The van der Waals surface area contributed by atoms with Gasteiger partial charge in [0.15, 0.2) is 5.03 Å². The van der Waals surface area contributed by atoms with Crippen molar-refractivity contribution in [3.8, 4) is 0 Å². The fraction of sp³-hybridized carbons (Fsp3) is 0.455. The second-order valence-corrected chi connectivity index (χ2v) is 6.05. The molecule has 0 bridgehead atoms. The molecule has 2 rings (SSSR count). The number of aromatic nitrogens is 1. The minimum atomic E-state index is -3.88. The highest BCUT2D eigenvalue weighted by Crippen LogP contribution is 2.19. The maximum absolute atomic E-state index is 12.4. The molecule has 110 valence electrons. The summed E-state index contributed by atoms with van der Waals surface area (Å²) in [5.74, 6) is -1.18. The van der Waals surface area contributed by atoms with Crippen LogP contribution in [0.1, 0.15) is 10.4 Å². The van der Waals surface area contributed by atoms with Gasteiger partial charge in [0.25, 0.3) is 10.0 Å². The predicted molar refractivity (Wildman–Crippen MR) is 66.8 cm³/mol. The van der Waals surface area contributed by atoms with Crippen molar-refractivity contribution in [2.24, 2.45) is 0 Å². The van der Waals surface area contributed by atoms with Crippen molar-refractivity contribution in [2.45, 2.75) is 11.1 Å². The lowest BCUT2D eigenvalue weighted by atomic mass is 10.3. The number of hydrogen-bond donors (Lipinski definition) is 2. The first kappa shape index (κ1) is 14.9. The Morgan fingerprint density at radius 3 is 2.80 bits per heavy atom. The molecule has 20 heavy (non-hydrogen) atoms. The Morgan fingerprint density at radius 2 is 2.25 bits per heavy atom. The zero-order valence-corrected chi connectivity index (χ0v) is 11.3. The van der Waals surface area contributed by atoms with Gasteiger partial charge in [-0.05, 0) is 12.1 Å². The van der Waals surface area contributed by atoms with Crippen LogP contribution in [-0.4, -0.2) is 66.3 Å². The zero-order chi connectivity index (χ0) is 14.8. The molecular formula is C11H14N2O6S. The molecule has 1 aliphatic rings. The first-order valence-electron chi connectivity index (χ1n) is 5.86. The van der Waals surface area contributed by atoms with E-state index in [1.54, 1.807) is 0 Å². The smallest absolute Gasteiger partial charge is 0.337 e. The summed E-state index contributed by atoms with van der Waals surface area (Å²) in [6.45, 7) is 0.119. The largest absolute Gasteiger partial charge is 0.478 e. The number of aliphatic hydroxyl groups is 1. The third-order valence-electron chi connectivity index (χ3n) is 2.94. The Kier molecular flexibility index (Phi) is 4.33. The van der Waals surface area contributed by atoms with Gasteiger partial charge in [0.05, 0.1) is 31.4 Å². The molecule has 0 saturated carbocycles. The van der Waals surface area contributed by atoms with Crippen LogP contribution in [0.4, 0.5) is 0 Å². The maximum Gasteiger partial charge on any atom is 0.337 e. The number of hydrogen-bond acceptors (Lipinski definition) is 6. The lowest BCUT2D eigenvalue weighted by Crippen LogP contribution is -2.50. The second kappa shape index (κ2) is 5.83. The number of carbonyl (C=O) groups is 1. The van der Waals surface area contributed by atoms with E-state index in [4.69, 9.17) is 9.84 Å². The van der Waals surface area contributed by atoms with Crippen LogP contribution in [0.15, 0.2) is 23.4 Å². The highest BCUT2D eigenvalue weighted by molar-refractivity contribution is 7.89. The average molecular weight is 302 g/mol. The number of sulfonamides is 1. The lowest BCUT2D eigenvalue weighted by Gasteiger charge is -2.32. The van der Waals surface area contributed by atoms with Gasteiger partial charge in [0.2, 0.25) is 0 Å². The predicted octanol–water partition coefficient (Wildman–Crippen LogP) is -0.838. The van der Waals surface area contributed by atoms with E-state index in [2.05, 4.69) is 4.98 Å². The SMILES string of the molecule is O=C(O)c1ccc(S(=O)(=O)N2CCOCC2CO)nc1. The van der Waals surface area contributed by atoms with Gasteiger partial charge in [0, 0.05) is 12.7 Å². The van der Waals surface area contributed by atoms with Crippen molar-refractivity contribution in [1.29, 1.82) is 0 Å². The lowest BCUT2D eigenvalue weighted by molar-refractivity contribution is 0.0108. The molecule has 1 aromatic heterocycles. The highest BCUT2D eigenvalue weighted by Gasteiger charge is 2.34. The highest BCUT2D eigenvalue weighted by atomic mass is 32.2. The van der Waals surface area contributed by atoms with Gasteiger partial charge < -0.3 is 14.9 Å². The number of carboxylic acids is 1. The van der Waals surface area contributed by atoms with Crippen LogP contribution in [0.25, 0.3) is 0 Å². The molecule has 1 saturated heterocycles. The summed E-state index contributed by atoms with van der Waals surface area (Å²) in [5, 5.41) is 17.7. The molecule has 2 heterocycles. The van der Waals surface area contributed by atoms with Gasteiger partial charge in [-0.25, -0.2) is 18.2 Å². The molecule has 1 aromatic rings. The molecule has 1 atom stereocenters. The van der Waals surface area contributed by atoms with Gasteiger partial charge in [-0.1, -0.05) is 0 Å². The Labute approximate surface area is 115 Å². The van der Waals surface area contributed by atoms with Crippen molar-refractivity contribution in [1.82, 2.24) is 9.29 Å². The quantitative estimate of drug-likeness (QED) is 0.744. The van der Waals surface area contributed by atoms with E-state index in [0.29, 0.717) is 0 Å².